The van der Waals surface area contributed by atoms with Crippen LogP contribution in [0.5, 0.6) is 11.5 Å². The Morgan fingerprint density at radius 1 is 1.26 bits per heavy atom. The largest absolute Gasteiger partial charge is 0.493 e. The molecular weight excluding hydrogens is 242 g/mol. The van der Waals surface area contributed by atoms with Crippen molar-refractivity contribution in [2.24, 2.45) is 5.92 Å². The third kappa shape index (κ3) is 4.73. The number of aliphatic hydroxyl groups is 1. The fourth-order valence-electron chi connectivity index (χ4n) is 1.86. The van der Waals surface area contributed by atoms with Crippen LogP contribution in [0.15, 0.2) is 18.2 Å². The second kappa shape index (κ2) is 8.02. The molecule has 0 aliphatic heterocycles. The fourth-order valence-corrected chi connectivity index (χ4v) is 1.86. The first-order valence-electron chi connectivity index (χ1n) is 6.76. The lowest BCUT2D eigenvalue weighted by Crippen LogP contribution is -2.36. The molecule has 0 radical (unpaired) electrons. The molecule has 2 N–H and O–H groups in total. The van der Waals surface area contributed by atoms with Crippen molar-refractivity contribution in [3.8, 4) is 11.5 Å². The van der Waals surface area contributed by atoms with E-state index in [1.807, 2.05) is 25.1 Å². The summed E-state index contributed by atoms with van der Waals surface area (Å²) in [5.41, 5.74) is 1.11. The van der Waals surface area contributed by atoms with Crippen molar-refractivity contribution in [1.29, 1.82) is 0 Å². The molecule has 4 heteroatoms. The molecule has 4 nitrogen and oxygen atoms in total. The van der Waals surface area contributed by atoms with E-state index >= 15 is 0 Å². The van der Waals surface area contributed by atoms with Crippen LogP contribution in [-0.2, 0) is 6.54 Å². The van der Waals surface area contributed by atoms with Gasteiger partial charge in [0.2, 0.25) is 0 Å². The number of methoxy groups -OCH3 is 1. The van der Waals surface area contributed by atoms with Gasteiger partial charge in [0, 0.05) is 12.6 Å². The van der Waals surface area contributed by atoms with Gasteiger partial charge < -0.3 is 19.9 Å². The summed E-state index contributed by atoms with van der Waals surface area (Å²) in [5.74, 6) is 1.90. The Kier molecular flexibility index (Phi) is 6.67. The highest BCUT2D eigenvalue weighted by Crippen LogP contribution is 2.28. The number of aliphatic hydroxyl groups excluding tert-OH is 1. The van der Waals surface area contributed by atoms with Gasteiger partial charge in [0.25, 0.3) is 0 Å². The van der Waals surface area contributed by atoms with Crippen molar-refractivity contribution in [2.75, 3.05) is 20.3 Å². The van der Waals surface area contributed by atoms with E-state index in [9.17, 15) is 5.11 Å². The Labute approximate surface area is 115 Å². The Bertz CT molecular complexity index is 380. The smallest absolute Gasteiger partial charge is 0.161 e. The molecular formula is C15H25NO3. The third-order valence-corrected chi connectivity index (χ3v) is 3.10. The zero-order valence-electron chi connectivity index (χ0n) is 12.3. The van der Waals surface area contributed by atoms with E-state index in [0.717, 1.165) is 17.1 Å². The highest BCUT2D eigenvalue weighted by Gasteiger charge is 2.12. The fraction of sp³-hybridized carbons (Fsp3) is 0.600. The quantitative estimate of drug-likeness (QED) is 0.758. The van der Waals surface area contributed by atoms with Gasteiger partial charge in [-0.25, -0.2) is 0 Å². The molecule has 0 amide bonds. The van der Waals surface area contributed by atoms with Crippen LogP contribution in [0.25, 0.3) is 0 Å². The Balaban J connectivity index is 2.70. The van der Waals surface area contributed by atoms with Gasteiger partial charge >= 0.3 is 0 Å². The van der Waals surface area contributed by atoms with Gasteiger partial charge in [-0.2, -0.15) is 0 Å². The van der Waals surface area contributed by atoms with Crippen LogP contribution >= 0.6 is 0 Å². The van der Waals surface area contributed by atoms with Crippen LogP contribution in [0, 0.1) is 5.92 Å². The highest BCUT2D eigenvalue weighted by atomic mass is 16.5. The van der Waals surface area contributed by atoms with Gasteiger partial charge in [-0.3, -0.25) is 0 Å². The Morgan fingerprint density at radius 2 is 2.00 bits per heavy atom. The van der Waals surface area contributed by atoms with E-state index in [4.69, 9.17) is 9.47 Å². The average Bonchev–Trinajstić information content (AvgIpc) is 2.40. The number of hydrogen-bond acceptors (Lipinski definition) is 4. The molecule has 0 saturated carbocycles. The van der Waals surface area contributed by atoms with Crippen molar-refractivity contribution in [3.05, 3.63) is 23.8 Å². The summed E-state index contributed by atoms with van der Waals surface area (Å²) < 4.78 is 10.8. The first-order chi connectivity index (χ1) is 9.12. The van der Waals surface area contributed by atoms with Gasteiger partial charge in [-0.15, -0.1) is 0 Å². The lowest BCUT2D eigenvalue weighted by atomic mass is 10.0. The molecule has 1 rings (SSSR count). The summed E-state index contributed by atoms with van der Waals surface area (Å²) in [5, 5.41) is 12.6. The molecule has 0 spiro atoms. The van der Waals surface area contributed by atoms with Gasteiger partial charge in [0.15, 0.2) is 11.5 Å². The predicted octanol–water partition coefficient (Wildman–Crippen LogP) is 2.20. The predicted molar refractivity (Wildman–Crippen MR) is 76.7 cm³/mol. The third-order valence-electron chi connectivity index (χ3n) is 3.10. The maximum absolute atomic E-state index is 9.29. The maximum atomic E-state index is 9.29. The molecule has 0 aliphatic rings. The van der Waals surface area contributed by atoms with Crippen LogP contribution < -0.4 is 14.8 Å². The average molecular weight is 267 g/mol. The van der Waals surface area contributed by atoms with Gasteiger partial charge in [-0.1, -0.05) is 19.9 Å². The van der Waals surface area contributed by atoms with Crippen LogP contribution in [0.1, 0.15) is 26.3 Å². The van der Waals surface area contributed by atoms with E-state index in [-0.39, 0.29) is 12.6 Å². The van der Waals surface area contributed by atoms with Gasteiger partial charge in [0.1, 0.15) is 0 Å². The second-order valence-corrected chi connectivity index (χ2v) is 4.83. The van der Waals surface area contributed by atoms with Crippen LogP contribution in [-0.4, -0.2) is 31.5 Å². The lowest BCUT2D eigenvalue weighted by Gasteiger charge is -2.20. The molecule has 1 atom stereocenters. The standard InChI is InChI=1S/C15H25NO3/c1-5-19-15-8-12(6-7-14(15)18-4)9-16-13(10-17)11(2)3/h6-8,11,13,16-17H,5,9-10H2,1-4H3. The number of hydrogen-bond donors (Lipinski definition) is 2. The number of benzene rings is 1. The van der Waals surface area contributed by atoms with E-state index in [2.05, 4.69) is 19.2 Å². The zero-order chi connectivity index (χ0) is 14.3. The normalized spacial score (nSPS) is 12.5. The van der Waals surface area contributed by atoms with Crippen LogP contribution in [0.3, 0.4) is 0 Å². The molecule has 0 fully saturated rings. The first-order valence-corrected chi connectivity index (χ1v) is 6.76. The highest BCUT2D eigenvalue weighted by molar-refractivity contribution is 5.42. The minimum atomic E-state index is 0.109. The van der Waals surface area contributed by atoms with E-state index in [0.29, 0.717) is 19.1 Å². The van der Waals surface area contributed by atoms with Crippen LogP contribution in [0.2, 0.25) is 0 Å². The van der Waals surface area contributed by atoms with Crippen molar-refractivity contribution in [1.82, 2.24) is 5.32 Å². The molecule has 0 aromatic heterocycles. The number of nitrogens with one attached hydrogen (secondary N) is 1. The SMILES string of the molecule is CCOc1cc(CNC(CO)C(C)C)ccc1OC. The van der Waals surface area contributed by atoms with Crippen molar-refractivity contribution >= 4 is 0 Å². The minimum Gasteiger partial charge on any atom is -0.493 e. The number of ether oxygens (including phenoxy) is 2. The lowest BCUT2D eigenvalue weighted by molar-refractivity contribution is 0.210. The zero-order valence-corrected chi connectivity index (χ0v) is 12.3. The van der Waals surface area contributed by atoms with Crippen molar-refractivity contribution < 1.29 is 14.6 Å². The Morgan fingerprint density at radius 3 is 2.53 bits per heavy atom. The van der Waals surface area contributed by atoms with Gasteiger partial charge in [-0.05, 0) is 30.5 Å². The molecule has 0 heterocycles. The summed E-state index contributed by atoms with van der Waals surface area (Å²) in [7, 11) is 1.64. The Hall–Kier alpha value is -1.26. The van der Waals surface area contributed by atoms with E-state index in [1.54, 1.807) is 7.11 Å². The maximum Gasteiger partial charge on any atom is 0.161 e. The molecule has 108 valence electrons. The second-order valence-electron chi connectivity index (χ2n) is 4.83. The molecule has 19 heavy (non-hydrogen) atoms. The van der Waals surface area contributed by atoms with Crippen molar-refractivity contribution in [3.63, 3.8) is 0 Å². The summed E-state index contributed by atoms with van der Waals surface area (Å²) in [4.78, 5) is 0. The van der Waals surface area contributed by atoms with E-state index < -0.39 is 0 Å². The molecule has 0 aliphatic carbocycles. The molecule has 0 saturated heterocycles. The summed E-state index contributed by atoms with van der Waals surface area (Å²) in [6, 6.07) is 6.00. The topological polar surface area (TPSA) is 50.7 Å². The number of rotatable bonds is 8. The first kappa shape index (κ1) is 15.8. The summed E-state index contributed by atoms with van der Waals surface area (Å²) in [6.07, 6.45) is 0. The van der Waals surface area contributed by atoms with Crippen LogP contribution in [0.4, 0.5) is 0 Å². The van der Waals surface area contributed by atoms with Gasteiger partial charge in [0.05, 0.1) is 20.3 Å². The molecule has 1 aromatic carbocycles. The molecule has 1 aromatic rings. The minimum absolute atomic E-state index is 0.109. The summed E-state index contributed by atoms with van der Waals surface area (Å²) in [6.45, 7) is 7.59. The molecule has 1 unspecified atom stereocenters. The summed E-state index contributed by atoms with van der Waals surface area (Å²) >= 11 is 0. The molecule has 0 bridgehead atoms. The van der Waals surface area contributed by atoms with Crippen molar-refractivity contribution in [2.45, 2.75) is 33.4 Å². The van der Waals surface area contributed by atoms with E-state index in [1.165, 1.54) is 0 Å². The monoisotopic (exact) mass is 267 g/mol.